The highest BCUT2D eigenvalue weighted by Gasteiger charge is 2.26. The van der Waals surface area contributed by atoms with Gasteiger partial charge in [0, 0.05) is 6.54 Å². The van der Waals surface area contributed by atoms with Crippen molar-refractivity contribution in [1.29, 1.82) is 0 Å². The van der Waals surface area contributed by atoms with Crippen LogP contribution in [-0.4, -0.2) is 49.5 Å². The van der Waals surface area contributed by atoms with Gasteiger partial charge in [0.15, 0.2) is 0 Å². The summed E-state index contributed by atoms with van der Waals surface area (Å²) in [4.78, 5) is 39.3. The zero-order valence-electron chi connectivity index (χ0n) is 15.0. The van der Waals surface area contributed by atoms with E-state index in [0.29, 0.717) is 29.0 Å². The number of fused-ring (bicyclic) bond motifs is 1. The van der Waals surface area contributed by atoms with E-state index in [9.17, 15) is 9.59 Å². The van der Waals surface area contributed by atoms with Gasteiger partial charge >= 0.3 is 6.01 Å². The van der Waals surface area contributed by atoms with E-state index in [4.69, 9.17) is 16.3 Å². The van der Waals surface area contributed by atoms with Crippen molar-refractivity contribution in [1.82, 2.24) is 24.4 Å². The van der Waals surface area contributed by atoms with Gasteiger partial charge in [-0.25, -0.2) is 15.0 Å². The van der Waals surface area contributed by atoms with Crippen LogP contribution in [0, 0.1) is 0 Å². The van der Waals surface area contributed by atoms with Gasteiger partial charge in [-0.2, -0.15) is 0 Å². The molecule has 8 nitrogen and oxygen atoms in total. The maximum atomic E-state index is 12.7. The van der Waals surface area contributed by atoms with E-state index in [0.717, 1.165) is 12.8 Å². The predicted octanol–water partition coefficient (Wildman–Crippen LogP) is 1.91. The fourth-order valence-electron chi connectivity index (χ4n) is 3.24. The van der Waals surface area contributed by atoms with Crippen LogP contribution in [0.25, 0.3) is 10.9 Å². The number of carbonyl (C=O) groups excluding carboxylic acids is 1. The smallest absolute Gasteiger partial charge is 0.316 e. The molecule has 0 N–H and O–H groups in total. The van der Waals surface area contributed by atoms with Gasteiger partial charge in [0.1, 0.15) is 12.6 Å². The monoisotopic (exact) mass is 399 g/mol. The minimum atomic E-state index is -0.224. The van der Waals surface area contributed by atoms with Crippen molar-refractivity contribution in [2.24, 2.45) is 0 Å². The highest BCUT2D eigenvalue weighted by molar-refractivity contribution is 6.30. The first-order chi connectivity index (χ1) is 13.6. The van der Waals surface area contributed by atoms with Crippen molar-refractivity contribution in [2.45, 2.75) is 25.5 Å². The third-order valence-electron chi connectivity index (χ3n) is 4.64. The van der Waals surface area contributed by atoms with Crippen molar-refractivity contribution >= 4 is 28.4 Å². The number of aromatic nitrogens is 4. The molecule has 0 saturated carbocycles. The summed E-state index contributed by atoms with van der Waals surface area (Å²) in [5.41, 5.74) is 0.393. The van der Waals surface area contributed by atoms with Crippen molar-refractivity contribution < 1.29 is 9.53 Å². The highest BCUT2D eigenvalue weighted by atomic mass is 35.5. The molecule has 1 amide bonds. The van der Waals surface area contributed by atoms with Crippen LogP contribution in [0.5, 0.6) is 6.01 Å². The van der Waals surface area contributed by atoms with Gasteiger partial charge in [-0.1, -0.05) is 23.7 Å². The number of likely N-dealkylation sites (tertiary alicyclic amines) is 1. The maximum Gasteiger partial charge on any atom is 0.316 e. The molecule has 1 aromatic carbocycles. The van der Waals surface area contributed by atoms with E-state index in [1.54, 1.807) is 23.1 Å². The molecule has 1 aliphatic rings. The van der Waals surface area contributed by atoms with Gasteiger partial charge < -0.3 is 9.64 Å². The molecule has 3 heterocycles. The molecule has 3 aromatic rings. The van der Waals surface area contributed by atoms with E-state index in [2.05, 4.69) is 15.0 Å². The van der Waals surface area contributed by atoms with Crippen LogP contribution >= 0.6 is 11.6 Å². The second kappa shape index (κ2) is 7.93. The molecule has 1 atom stereocenters. The summed E-state index contributed by atoms with van der Waals surface area (Å²) in [5, 5.41) is 0.930. The molecule has 0 radical (unpaired) electrons. The van der Waals surface area contributed by atoms with Crippen molar-refractivity contribution in [3.8, 4) is 6.01 Å². The first-order valence-corrected chi connectivity index (χ1v) is 9.34. The Morgan fingerprint density at radius 2 is 2.00 bits per heavy atom. The van der Waals surface area contributed by atoms with E-state index < -0.39 is 0 Å². The zero-order chi connectivity index (χ0) is 19.5. The van der Waals surface area contributed by atoms with E-state index >= 15 is 0 Å². The average molecular weight is 400 g/mol. The number of para-hydroxylation sites is 1. The Bertz CT molecular complexity index is 1050. The molecule has 0 aliphatic carbocycles. The molecule has 0 bridgehead atoms. The fourth-order valence-corrected chi connectivity index (χ4v) is 3.33. The number of rotatable bonds is 4. The average Bonchev–Trinajstić information content (AvgIpc) is 2.72. The topological polar surface area (TPSA) is 90.2 Å². The molecular formula is C19H18ClN5O3. The lowest BCUT2D eigenvalue weighted by atomic mass is 10.1. The molecule has 4 rings (SSSR count). The lowest BCUT2D eigenvalue weighted by molar-refractivity contribution is -0.134. The Hall–Kier alpha value is -3.00. The molecule has 0 spiro atoms. The van der Waals surface area contributed by atoms with Crippen molar-refractivity contribution in [3.05, 3.63) is 58.4 Å². The largest absolute Gasteiger partial charge is 0.458 e. The third kappa shape index (κ3) is 3.96. The quantitative estimate of drug-likeness (QED) is 0.665. The number of hydrogen-bond acceptors (Lipinski definition) is 6. The number of carbonyl (C=O) groups is 1. The molecule has 1 saturated heterocycles. The molecule has 9 heteroatoms. The normalized spacial score (nSPS) is 16.9. The Labute approximate surface area is 165 Å². The van der Waals surface area contributed by atoms with Gasteiger partial charge in [-0.15, -0.1) is 0 Å². The van der Waals surface area contributed by atoms with Gasteiger partial charge in [-0.05, 0) is 25.0 Å². The number of piperidine rings is 1. The van der Waals surface area contributed by atoms with E-state index in [-0.39, 0.29) is 30.1 Å². The van der Waals surface area contributed by atoms with E-state index in [1.807, 2.05) is 6.07 Å². The number of hydrogen-bond donors (Lipinski definition) is 0. The van der Waals surface area contributed by atoms with E-state index in [1.165, 1.54) is 23.3 Å². The molecule has 2 aromatic heterocycles. The van der Waals surface area contributed by atoms with Crippen LogP contribution < -0.4 is 10.3 Å². The Kier molecular flexibility index (Phi) is 5.21. The SMILES string of the molecule is O=C(Cn1cnc2ccccc2c1=O)N1CCCC(Oc2ncc(Cl)cn2)C1. The standard InChI is InChI=1S/C19H18ClN5O3/c20-13-8-21-19(22-9-13)28-14-4-3-7-24(10-14)17(26)11-25-12-23-16-6-2-1-5-15(16)18(25)27/h1-2,5-6,8-9,12,14H,3-4,7,10-11H2. The maximum absolute atomic E-state index is 12.7. The molecule has 1 fully saturated rings. The second-order valence-electron chi connectivity index (χ2n) is 6.60. The van der Waals surface area contributed by atoms with Gasteiger partial charge in [0.25, 0.3) is 5.56 Å². The molecule has 1 aliphatic heterocycles. The Morgan fingerprint density at radius 3 is 2.82 bits per heavy atom. The van der Waals surface area contributed by atoms with Crippen LogP contribution in [0.2, 0.25) is 5.02 Å². The highest BCUT2D eigenvalue weighted by Crippen LogP contribution is 2.16. The molecule has 144 valence electrons. The summed E-state index contributed by atoms with van der Waals surface area (Å²) in [6, 6.07) is 7.32. The fraction of sp³-hybridized carbons (Fsp3) is 0.316. The van der Waals surface area contributed by atoms with Crippen LogP contribution in [-0.2, 0) is 11.3 Å². The third-order valence-corrected chi connectivity index (χ3v) is 4.83. The van der Waals surface area contributed by atoms with Crippen LogP contribution in [0.1, 0.15) is 12.8 Å². The Morgan fingerprint density at radius 1 is 1.21 bits per heavy atom. The zero-order valence-corrected chi connectivity index (χ0v) is 15.7. The van der Waals surface area contributed by atoms with Crippen molar-refractivity contribution in [3.63, 3.8) is 0 Å². The van der Waals surface area contributed by atoms with Crippen LogP contribution in [0.4, 0.5) is 0 Å². The van der Waals surface area contributed by atoms with Gasteiger partial charge in [-0.3, -0.25) is 14.2 Å². The van der Waals surface area contributed by atoms with Crippen molar-refractivity contribution in [2.75, 3.05) is 13.1 Å². The lowest BCUT2D eigenvalue weighted by Crippen LogP contribution is -2.46. The number of nitrogens with zero attached hydrogens (tertiary/aromatic N) is 5. The summed E-state index contributed by atoms with van der Waals surface area (Å²) in [6.07, 6.45) is 5.75. The second-order valence-corrected chi connectivity index (χ2v) is 7.04. The summed E-state index contributed by atoms with van der Waals surface area (Å²) in [6.45, 7) is 0.983. The minimum Gasteiger partial charge on any atom is -0.458 e. The first-order valence-electron chi connectivity index (χ1n) is 8.96. The summed E-state index contributed by atoms with van der Waals surface area (Å²) in [5.74, 6) is -0.149. The van der Waals surface area contributed by atoms with Crippen LogP contribution in [0.3, 0.4) is 0 Å². The first kappa shape index (κ1) is 18.4. The summed E-state index contributed by atoms with van der Waals surface area (Å²) < 4.78 is 7.11. The number of ether oxygens (including phenoxy) is 1. The minimum absolute atomic E-state index is 0.0547. The molecular weight excluding hydrogens is 382 g/mol. The summed E-state index contributed by atoms with van der Waals surface area (Å²) >= 11 is 5.78. The lowest BCUT2D eigenvalue weighted by Gasteiger charge is -2.32. The molecule has 1 unspecified atom stereocenters. The molecule has 28 heavy (non-hydrogen) atoms. The van der Waals surface area contributed by atoms with Crippen LogP contribution in [0.15, 0.2) is 47.8 Å². The predicted molar refractivity (Wildman–Crippen MR) is 103 cm³/mol. The number of amides is 1. The Balaban J connectivity index is 1.44. The number of benzene rings is 1. The number of halogens is 1. The van der Waals surface area contributed by atoms with Gasteiger partial charge in [0.2, 0.25) is 5.91 Å². The van der Waals surface area contributed by atoms with Gasteiger partial charge in [0.05, 0.1) is 41.2 Å². The summed E-state index contributed by atoms with van der Waals surface area (Å²) in [7, 11) is 0.